The number of carbonyl (C=O) groups is 3. The summed E-state index contributed by atoms with van der Waals surface area (Å²) in [6, 6.07) is 5.41. The number of anilines is 4. The third-order valence-electron chi connectivity index (χ3n) is 7.21. The van der Waals surface area contributed by atoms with Crippen molar-refractivity contribution in [3.63, 3.8) is 0 Å². The lowest BCUT2D eigenvalue weighted by Crippen LogP contribution is -2.67. The highest BCUT2D eigenvalue weighted by Crippen LogP contribution is 2.39. The van der Waals surface area contributed by atoms with Gasteiger partial charge in [-0.1, -0.05) is 6.07 Å². The molecule has 1 aromatic carbocycles. The lowest BCUT2D eigenvalue weighted by Gasteiger charge is -2.43. The lowest BCUT2D eigenvalue weighted by molar-refractivity contribution is -0.126. The Balaban J connectivity index is 1.23. The van der Waals surface area contributed by atoms with Gasteiger partial charge in [0.1, 0.15) is 5.54 Å². The Hall–Kier alpha value is -4.22. The van der Waals surface area contributed by atoms with Crippen LogP contribution in [0.1, 0.15) is 32.3 Å². The van der Waals surface area contributed by atoms with Crippen molar-refractivity contribution < 1.29 is 14.4 Å². The van der Waals surface area contributed by atoms with E-state index in [2.05, 4.69) is 41.2 Å². The second-order valence-corrected chi connectivity index (χ2v) is 9.72. The van der Waals surface area contributed by atoms with E-state index in [1.54, 1.807) is 16.9 Å². The zero-order valence-corrected chi connectivity index (χ0v) is 19.4. The molecular weight excluding hydrogens is 450 g/mol. The Kier molecular flexibility index (Phi) is 4.50. The average molecular weight is 476 g/mol. The van der Waals surface area contributed by atoms with Crippen LogP contribution in [-0.2, 0) is 15.0 Å². The number of amides is 3. The summed E-state index contributed by atoms with van der Waals surface area (Å²) in [6.45, 7) is 4.96. The van der Waals surface area contributed by atoms with Crippen LogP contribution in [0.2, 0.25) is 0 Å². The van der Waals surface area contributed by atoms with Crippen LogP contribution < -0.4 is 26.2 Å². The monoisotopic (exact) mass is 475 g/mol. The van der Waals surface area contributed by atoms with Gasteiger partial charge in [0, 0.05) is 36.9 Å². The number of piperidine rings is 1. The highest BCUT2D eigenvalue weighted by atomic mass is 16.2. The molecule has 1 spiro atoms. The number of nitrogens with zero attached hydrogens (tertiary/aromatic N) is 5. The van der Waals surface area contributed by atoms with E-state index in [9.17, 15) is 14.4 Å². The van der Waals surface area contributed by atoms with Crippen molar-refractivity contribution in [2.75, 3.05) is 35.2 Å². The Labute approximate surface area is 200 Å². The van der Waals surface area contributed by atoms with Gasteiger partial charge in [0.2, 0.25) is 11.9 Å². The fraction of sp³-hybridized carbons (Fsp3) is 0.391. The summed E-state index contributed by atoms with van der Waals surface area (Å²) >= 11 is 0. The molecule has 0 saturated carbocycles. The maximum Gasteiger partial charge on any atom is 0.315 e. The molecule has 12 nitrogen and oxygen atoms in total. The molecule has 5 heterocycles. The SMILES string of the molecule is CC1(C)C(=O)Nc2cc(Nc3nc4c(N5CCC6(CC5)NC(=O)NCC6=O)nccn4n3)ccc21. The van der Waals surface area contributed by atoms with Gasteiger partial charge < -0.3 is 26.2 Å². The summed E-state index contributed by atoms with van der Waals surface area (Å²) in [5.74, 6) is 1.04. The van der Waals surface area contributed by atoms with Crippen LogP contribution >= 0.6 is 0 Å². The van der Waals surface area contributed by atoms with Crippen molar-refractivity contribution in [2.24, 2.45) is 0 Å². The first-order valence-corrected chi connectivity index (χ1v) is 11.5. The molecule has 0 aliphatic carbocycles. The summed E-state index contributed by atoms with van der Waals surface area (Å²) in [4.78, 5) is 47.8. The average Bonchev–Trinajstić information content (AvgIpc) is 3.34. The van der Waals surface area contributed by atoms with Gasteiger partial charge in [-0.3, -0.25) is 9.59 Å². The number of hydrogen-bond donors (Lipinski definition) is 4. The normalized spacial score (nSPS) is 20.4. The Morgan fingerprint density at radius 2 is 1.91 bits per heavy atom. The fourth-order valence-electron chi connectivity index (χ4n) is 5.05. The van der Waals surface area contributed by atoms with Gasteiger partial charge in [0.25, 0.3) is 0 Å². The first kappa shape index (κ1) is 21.3. The number of urea groups is 1. The van der Waals surface area contributed by atoms with Crippen LogP contribution in [0.15, 0.2) is 30.6 Å². The first-order chi connectivity index (χ1) is 16.7. The van der Waals surface area contributed by atoms with Crippen LogP contribution in [0.25, 0.3) is 5.65 Å². The molecule has 3 amide bonds. The molecule has 0 radical (unpaired) electrons. The largest absolute Gasteiger partial charge is 0.353 e. The predicted molar refractivity (Wildman–Crippen MR) is 128 cm³/mol. The van der Waals surface area contributed by atoms with Gasteiger partial charge in [-0.25, -0.2) is 14.3 Å². The highest BCUT2D eigenvalue weighted by molar-refractivity contribution is 6.06. The number of Topliss-reactive ketones (excluding diaryl/α,β-unsaturated/α-hetero) is 1. The number of aromatic nitrogens is 4. The maximum atomic E-state index is 12.5. The maximum absolute atomic E-state index is 12.5. The van der Waals surface area contributed by atoms with E-state index in [0.29, 0.717) is 43.3 Å². The molecule has 3 aromatic rings. The second-order valence-electron chi connectivity index (χ2n) is 9.72. The minimum absolute atomic E-state index is 0.00538. The Morgan fingerprint density at radius 1 is 1.11 bits per heavy atom. The van der Waals surface area contributed by atoms with Crippen molar-refractivity contribution in [3.05, 3.63) is 36.2 Å². The van der Waals surface area contributed by atoms with E-state index < -0.39 is 11.0 Å². The van der Waals surface area contributed by atoms with Crippen molar-refractivity contribution in [1.29, 1.82) is 0 Å². The minimum Gasteiger partial charge on any atom is -0.353 e. The second kappa shape index (κ2) is 7.39. The predicted octanol–water partition coefficient (Wildman–Crippen LogP) is 1.32. The Morgan fingerprint density at radius 3 is 2.71 bits per heavy atom. The zero-order chi connectivity index (χ0) is 24.4. The summed E-state index contributed by atoms with van der Waals surface area (Å²) in [5, 5.41) is 16.0. The summed E-state index contributed by atoms with van der Waals surface area (Å²) in [5.41, 5.74) is 1.69. The lowest BCUT2D eigenvalue weighted by atomic mass is 9.82. The fourth-order valence-corrected chi connectivity index (χ4v) is 5.05. The van der Waals surface area contributed by atoms with Crippen LogP contribution in [0.4, 0.5) is 27.9 Å². The molecule has 0 bridgehead atoms. The Bertz CT molecular complexity index is 1390. The molecular formula is C23H25N9O3. The van der Waals surface area contributed by atoms with E-state index in [1.807, 2.05) is 32.0 Å². The van der Waals surface area contributed by atoms with Gasteiger partial charge in [-0.05, 0) is 44.4 Å². The molecule has 0 atom stereocenters. The molecule has 180 valence electrons. The van der Waals surface area contributed by atoms with E-state index in [-0.39, 0.29) is 24.3 Å². The van der Waals surface area contributed by atoms with Gasteiger partial charge in [0.05, 0.1) is 12.0 Å². The molecule has 2 saturated heterocycles. The summed E-state index contributed by atoms with van der Waals surface area (Å²) < 4.78 is 1.66. The van der Waals surface area contributed by atoms with Crippen molar-refractivity contribution >= 4 is 46.5 Å². The van der Waals surface area contributed by atoms with Crippen LogP contribution in [-0.4, -0.2) is 62.5 Å². The molecule has 12 heteroatoms. The molecule has 0 unspecified atom stereocenters. The number of hydrogen-bond acceptors (Lipinski definition) is 8. The summed E-state index contributed by atoms with van der Waals surface area (Å²) in [7, 11) is 0. The summed E-state index contributed by atoms with van der Waals surface area (Å²) in [6.07, 6.45) is 4.39. The molecule has 35 heavy (non-hydrogen) atoms. The third-order valence-corrected chi connectivity index (χ3v) is 7.21. The number of fused-ring (bicyclic) bond motifs is 2. The number of benzene rings is 1. The number of nitrogens with one attached hydrogen (secondary N) is 4. The first-order valence-electron chi connectivity index (χ1n) is 11.5. The molecule has 4 N–H and O–H groups in total. The van der Waals surface area contributed by atoms with E-state index in [0.717, 1.165) is 16.9 Å². The number of ketones is 1. The standard InChI is InChI=1S/C23H25N9O3/c1-22(2)14-4-3-13(11-15(14)27-19(22)34)26-20-28-18-17(24-7-10-32(18)30-20)31-8-5-23(6-9-31)16(33)12-25-21(35)29-23/h3-4,7,10-11H,5-6,8-9,12H2,1-2H3,(H,26,30)(H,27,34)(H2,25,29,35). The third kappa shape index (κ3) is 3.35. The molecule has 2 aromatic heterocycles. The zero-order valence-electron chi connectivity index (χ0n) is 19.4. The van der Waals surface area contributed by atoms with E-state index in [4.69, 9.17) is 0 Å². The van der Waals surface area contributed by atoms with Gasteiger partial charge in [-0.2, -0.15) is 4.98 Å². The van der Waals surface area contributed by atoms with Gasteiger partial charge >= 0.3 is 6.03 Å². The topological polar surface area (TPSA) is 146 Å². The highest BCUT2D eigenvalue weighted by Gasteiger charge is 2.45. The number of carbonyl (C=O) groups excluding carboxylic acids is 3. The molecule has 2 fully saturated rings. The van der Waals surface area contributed by atoms with Crippen LogP contribution in [0.5, 0.6) is 0 Å². The van der Waals surface area contributed by atoms with Gasteiger partial charge in [0.15, 0.2) is 17.2 Å². The minimum atomic E-state index is -0.818. The molecule has 3 aliphatic heterocycles. The number of rotatable bonds is 3. The van der Waals surface area contributed by atoms with E-state index >= 15 is 0 Å². The van der Waals surface area contributed by atoms with E-state index in [1.165, 1.54) is 0 Å². The quantitative estimate of drug-likeness (QED) is 0.444. The van der Waals surface area contributed by atoms with Crippen LogP contribution in [0.3, 0.4) is 0 Å². The van der Waals surface area contributed by atoms with Crippen molar-refractivity contribution in [2.45, 2.75) is 37.6 Å². The smallest absolute Gasteiger partial charge is 0.315 e. The molecule has 6 rings (SSSR count). The van der Waals surface area contributed by atoms with Gasteiger partial charge in [-0.15, -0.1) is 5.10 Å². The van der Waals surface area contributed by atoms with Crippen LogP contribution in [0, 0.1) is 0 Å². The van der Waals surface area contributed by atoms with Crippen molar-refractivity contribution in [1.82, 2.24) is 30.2 Å². The van der Waals surface area contributed by atoms with Crippen molar-refractivity contribution in [3.8, 4) is 0 Å². The molecule has 3 aliphatic rings.